The predicted molar refractivity (Wildman–Crippen MR) is 165 cm³/mol. The summed E-state index contributed by atoms with van der Waals surface area (Å²) in [5.74, 6) is -1.55. The van der Waals surface area contributed by atoms with Gasteiger partial charge in [-0.05, 0) is 83.7 Å². The van der Waals surface area contributed by atoms with Crippen molar-refractivity contribution in [2.24, 2.45) is 11.3 Å². The summed E-state index contributed by atoms with van der Waals surface area (Å²) in [6.07, 6.45) is 3.69. The lowest BCUT2D eigenvalue weighted by Crippen LogP contribution is -2.59. The molecule has 1 aromatic rings. The Labute approximate surface area is 264 Å². The molecule has 4 saturated heterocycles. The van der Waals surface area contributed by atoms with E-state index < -0.39 is 29.4 Å². The van der Waals surface area contributed by atoms with Crippen molar-refractivity contribution in [2.75, 3.05) is 70.5 Å². The summed E-state index contributed by atoms with van der Waals surface area (Å²) in [5.41, 5.74) is 1.34. The van der Waals surface area contributed by atoms with Crippen LogP contribution in [0.5, 0.6) is 0 Å². The van der Waals surface area contributed by atoms with Gasteiger partial charge in [-0.2, -0.15) is 0 Å². The Bertz CT molecular complexity index is 1360. The smallest absolute Gasteiger partial charge is 0.332 e. The Morgan fingerprint density at radius 2 is 1.69 bits per heavy atom. The first-order chi connectivity index (χ1) is 21.4. The Kier molecular flexibility index (Phi) is 8.75. The van der Waals surface area contributed by atoms with Crippen LogP contribution < -0.4 is 10.2 Å². The number of piperidine rings is 2. The molecule has 0 unspecified atom stereocenters. The molecule has 45 heavy (non-hydrogen) atoms. The van der Waals surface area contributed by atoms with Gasteiger partial charge in [-0.15, -0.1) is 0 Å². The van der Waals surface area contributed by atoms with Gasteiger partial charge in [0.1, 0.15) is 18.2 Å². The fraction of sp³-hybridized carbons (Fsp3) is 0.667. The number of amides is 4. The van der Waals surface area contributed by atoms with Gasteiger partial charge in [-0.25, -0.2) is 4.79 Å². The molecule has 5 aliphatic rings. The summed E-state index contributed by atoms with van der Waals surface area (Å²) in [6.45, 7) is 14.1. The van der Waals surface area contributed by atoms with Crippen LogP contribution in [-0.2, 0) is 23.9 Å². The highest BCUT2D eigenvalue weighted by atomic mass is 16.6. The van der Waals surface area contributed by atoms with Crippen LogP contribution in [0.2, 0.25) is 0 Å². The van der Waals surface area contributed by atoms with Crippen molar-refractivity contribution in [2.45, 2.75) is 64.5 Å². The van der Waals surface area contributed by atoms with Gasteiger partial charge < -0.3 is 24.2 Å². The SMILES string of the molecule is CC(C)(C)OC(=O)COCCN1CCC(CN2CC3(CCN(c4ccc5c(c4)C(=O)N([C@H]4CCC(=O)NC4=O)C5=O)C3)C2)CC1. The van der Waals surface area contributed by atoms with Gasteiger partial charge in [0.05, 0.1) is 17.7 Å². The molecule has 0 saturated carbocycles. The van der Waals surface area contributed by atoms with E-state index in [9.17, 15) is 24.0 Å². The third kappa shape index (κ3) is 6.92. The maximum absolute atomic E-state index is 13.3. The number of carbonyl (C=O) groups excluding carboxylic acids is 5. The van der Waals surface area contributed by atoms with Crippen molar-refractivity contribution < 1.29 is 33.4 Å². The summed E-state index contributed by atoms with van der Waals surface area (Å²) in [7, 11) is 0. The summed E-state index contributed by atoms with van der Waals surface area (Å²) in [4.78, 5) is 70.4. The van der Waals surface area contributed by atoms with Gasteiger partial charge in [0, 0.05) is 56.8 Å². The molecule has 1 N–H and O–H groups in total. The van der Waals surface area contributed by atoms with Crippen molar-refractivity contribution in [3.8, 4) is 0 Å². The molecule has 0 bridgehead atoms. The summed E-state index contributed by atoms with van der Waals surface area (Å²) in [5, 5.41) is 2.24. The molecule has 4 amide bonds. The van der Waals surface area contributed by atoms with E-state index in [0.717, 1.165) is 69.4 Å². The molecule has 4 fully saturated rings. The molecule has 1 spiro atoms. The lowest BCUT2D eigenvalue weighted by atomic mass is 9.78. The number of likely N-dealkylation sites (tertiary alicyclic amines) is 2. The maximum atomic E-state index is 13.3. The maximum Gasteiger partial charge on any atom is 0.332 e. The number of hydrogen-bond acceptors (Lipinski definition) is 10. The fourth-order valence-electron chi connectivity index (χ4n) is 7.58. The van der Waals surface area contributed by atoms with Crippen LogP contribution in [0.3, 0.4) is 0 Å². The van der Waals surface area contributed by atoms with Crippen LogP contribution in [0.1, 0.15) is 73.6 Å². The second kappa shape index (κ2) is 12.4. The third-order valence-corrected chi connectivity index (χ3v) is 9.76. The summed E-state index contributed by atoms with van der Waals surface area (Å²) < 4.78 is 10.8. The Morgan fingerprint density at radius 1 is 0.956 bits per heavy atom. The van der Waals surface area contributed by atoms with Crippen molar-refractivity contribution in [1.82, 2.24) is 20.0 Å². The van der Waals surface area contributed by atoms with Crippen molar-refractivity contribution in [3.05, 3.63) is 29.3 Å². The van der Waals surface area contributed by atoms with E-state index in [1.54, 1.807) is 12.1 Å². The van der Waals surface area contributed by atoms with Crippen LogP contribution in [0, 0.1) is 11.3 Å². The van der Waals surface area contributed by atoms with E-state index in [0.29, 0.717) is 23.7 Å². The molecule has 1 atom stereocenters. The minimum atomic E-state index is -0.952. The van der Waals surface area contributed by atoms with Crippen LogP contribution in [0.25, 0.3) is 0 Å². The number of nitrogens with one attached hydrogen (secondary N) is 1. The molecule has 244 valence electrons. The van der Waals surface area contributed by atoms with Crippen molar-refractivity contribution >= 4 is 35.3 Å². The van der Waals surface area contributed by atoms with Crippen LogP contribution in [-0.4, -0.2) is 122 Å². The molecule has 0 aliphatic carbocycles. The van der Waals surface area contributed by atoms with E-state index in [2.05, 4.69) is 20.0 Å². The Hall–Kier alpha value is -3.35. The minimum absolute atomic E-state index is 0.00466. The number of hydrogen-bond donors (Lipinski definition) is 1. The second-order valence-corrected chi connectivity index (χ2v) is 14.4. The fourth-order valence-corrected chi connectivity index (χ4v) is 7.58. The highest BCUT2D eigenvalue weighted by molar-refractivity contribution is 6.23. The first kappa shape index (κ1) is 31.6. The van der Waals surface area contributed by atoms with Gasteiger partial charge in [0.2, 0.25) is 11.8 Å². The van der Waals surface area contributed by atoms with Gasteiger partial charge >= 0.3 is 5.97 Å². The van der Waals surface area contributed by atoms with Gasteiger partial charge in [-0.3, -0.25) is 29.4 Å². The van der Waals surface area contributed by atoms with Crippen LogP contribution in [0.15, 0.2) is 18.2 Å². The normalized spacial score (nSPS) is 24.3. The average Bonchev–Trinajstić information content (AvgIpc) is 3.51. The van der Waals surface area contributed by atoms with Crippen LogP contribution >= 0.6 is 0 Å². The second-order valence-electron chi connectivity index (χ2n) is 14.4. The first-order valence-corrected chi connectivity index (χ1v) is 16.2. The third-order valence-electron chi connectivity index (χ3n) is 9.76. The number of ether oxygens (including phenoxy) is 2. The van der Waals surface area contributed by atoms with Crippen molar-refractivity contribution in [1.29, 1.82) is 0 Å². The number of nitrogens with zero attached hydrogens (tertiary/aromatic N) is 4. The number of carbonyl (C=O) groups is 5. The summed E-state index contributed by atoms with van der Waals surface area (Å²) in [6, 6.07) is 4.46. The highest BCUT2D eigenvalue weighted by Gasteiger charge is 2.49. The Morgan fingerprint density at radius 3 is 2.40 bits per heavy atom. The number of fused-ring (bicyclic) bond motifs is 1. The zero-order valence-electron chi connectivity index (χ0n) is 26.6. The molecular weight excluding hydrogens is 578 g/mol. The average molecular weight is 624 g/mol. The molecule has 5 aliphatic heterocycles. The number of esters is 1. The predicted octanol–water partition coefficient (Wildman–Crippen LogP) is 1.67. The molecule has 0 aromatic heterocycles. The largest absolute Gasteiger partial charge is 0.458 e. The lowest BCUT2D eigenvalue weighted by Gasteiger charge is -2.50. The number of benzene rings is 1. The van der Waals surface area contributed by atoms with E-state index in [-0.39, 0.29) is 36.7 Å². The molecule has 6 rings (SSSR count). The zero-order valence-corrected chi connectivity index (χ0v) is 26.6. The van der Waals surface area contributed by atoms with E-state index in [1.165, 1.54) is 12.8 Å². The number of anilines is 1. The van der Waals surface area contributed by atoms with E-state index in [4.69, 9.17) is 9.47 Å². The Balaban J connectivity index is 0.928. The number of rotatable bonds is 9. The van der Waals surface area contributed by atoms with Gasteiger partial charge in [0.15, 0.2) is 0 Å². The number of imide groups is 2. The standard InChI is InChI=1S/C33H45N5O7/c1-32(2,3)45-28(40)18-44-15-14-35-11-8-22(9-12-35)17-36-19-33(20-36)10-13-37(21-33)23-4-5-24-25(16-23)31(43)38(30(24)42)26-6-7-27(39)34-29(26)41/h4-5,16,22,26H,6-15,17-21H2,1-3H3,(H,34,39,41)/t26-/m0/s1. The highest BCUT2D eigenvalue weighted by Crippen LogP contribution is 2.42. The van der Waals surface area contributed by atoms with E-state index >= 15 is 0 Å². The molecule has 1 aromatic carbocycles. The molecule has 5 heterocycles. The monoisotopic (exact) mass is 623 g/mol. The van der Waals surface area contributed by atoms with Crippen molar-refractivity contribution in [3.63, 3.8) is 0 Å². The quantitative estimate of drug-likeness (QED) is 0.247. The van der Waals surface area contributed by atoms with E-state index in [1.807, 2.05) is 26.8 Å². The first-order valence-electron chi connectivity index (χ1n) is 16.2. The van der Waals surface area contributed by atoms with Gasteiger partial charge in [-0.1, -0.05) is 0 Å². The van der Waals surface area contributed by atoms with Crippen LogP contribution in [0.4, 0.5) is 5.69 Å². The molecule has 12 heteroatoms. The molecule has 12 nitrogen and oxygen atoms in total. The summed E-state index contributed by atoms with van der Waals surface area (Å²) >= 11 is 0. The molecule has 0 radical (unpaired) electrons. The zero-order chi connectivity index (χ0) is 31.9. The minimum Gasteiger partial charge on any atom is -0.458 e. The molecular formula is C33H45N5O7. The topological polar surface area (TPSA) is 129 Å². The lowest BCUT2D eigenvalue weighted by molar-refractivity contribution is -0.160. The van der Waals surface area contributed by atoms with Gasteiger partial charge in [0.25, 0.3) is 11.8 Å².